The van der Waals surface area contributed by atoms with E-state index >= 15 is 0 Å². The molecule has 0 saturated heterocycles. The first kappa shape index (κ1) is 23.9. The van der Waals surface area contributed by atoms with Crippen LogP contribution in [0.4, 0.5) is 11.4 Å². The van der Waals surface area contributed by atoms with Gasteiger partial charge in [0.25, 0.3) is 5.91 Å². The zero-order valence-electron chi connectivity index (χ0n) is 19.9. The van der Waals surface area contributed by atoms with Crippen LogP contribution in [0.2, 0.25) is 0 Å². The number of carbonyl (C=O) groups is 2. The Labute approximate surface area is 192 Å². The van der Waals surface area contributed by atoms with Gasteiger partial charge in [-0.3, -0.25) is 19.5 Å². The molecule has 3 rings (SSSR count). The van der Waals surface area contributed by atoms with Crippen LogP contribution in [0.5, 0.6) is 0 Å². The molecule has 0 unspecified atom stereocenters. The van der Waals surface area contributed by atoms with E-state index < -0.39 is 0 Å². The first-order valence-corrected chi connectivity index (χ1v) is 11.7. The molecule has 6 heteroatoms. The molecule has 1 aliphatic heterocycles. The van der Waals surface area contributed by atoms with Crippen LogP contribution in [0, 0.1) is 6.92 Å². The average Bonchev–Trinajstić information content (AvgIpc) is 2.73. The van der Waals surface area contributed by atoms with Gasteiger partial charge in [0.1, 0.15) is 0 Å². The molecule has 32 heavy (non-hydrogen) atoms. The molecule has 2 heterocycles. The lowest BCUT2D eigenvalue weighted by Crippen LogP contribution is -2.35. The number of aromatic nitrogens is 1. The second-order valence-electron chi connectivity index (χ2n) is 9.05. The minimum atomic E-state index is -0.170. The Balaban J connectivity index is 1.95. The van der Waals surface area contributed by atoms with Crippen molar-refractivity contribution < 1.29 is 9.59 Å². The minimum Gasteiger partial charge on any atom is -0.321 e. The van der Waals surface area contributed by atoms with Crippen LogP contribution in [-0.4, -0.2) is 40.8 Å². The normalized spacial score (nSPS) is 16.1. The molecule has 0 fully saturated rings. The lowest BCUT2D eigenvalue weighted by Gasteiger charge is -2.31. The SMILES string of the molecule is CC(=O)N1CCCCCCCN(C(C)C)Cc2cc(C(=O)Nc3cncc(C)c3)ccc21. The molecule has 1 aliphatic rings. The first-order valence-electron chi connectivity index (χ1n) is 11.7. The summed E-state index contributed by atoms with van der Waals surface area (Å²) in [6.45, 7) is 10.4. The average molecular weight is 437 g/mol. The fourth-order valence-electron chi connectivity index (χ4n) is 4.24. The van der Waals surface area contributed by atoms with E-state index in [4.69, 9.17) is 0 Å². The monoisotopic (exact) mass is 436 g/mol. The number of amides is 2. The van der Waals surface area contributed by atoms with Crippen molar-refractivity contribution >= 4 is 23.2 Å². The number of hydrogen-bond acceptors (Lipinski definition) is 4. The van der Waals surface area contributed by atoms with Crippen molar-refractivity contribution in [1.29, 1.82) is 0 Å². The van der Waals surface area contributed by atoms with Gasteiger partial charge in [0.15, 0.2) is 0 Å². The fraction of sp³-hybridized carbons (Fsp3) is 0.500. The molecule has 1 aromatic carbocycles. The highest BCUT2D eigenvalue weighted by atomic mass is 16.2. The summed E-state index contributed by atoms with van der Waals surface area (Å²) in [7, 11) is 0. The molecular formula is C26H36N4O2. The van der Waals surface area contributed by atoms with E-state index in [1.54, 1.807) is 19.3 Å². The second kappa shape index (κ2) is 11.2. The lowest BCUT2D eigenvalue weighted by atomic mass is 10.0. The summed E-state index contributed by atoms with van der Waals surface area (Å²) in [5, 5.41) is 2.95. The lowest BCUT2D eigenvalue weighted by molar-refractivity contribution is -0.116. The number of anilines is 2. The molecule has 0 spiro atoms. The molecule has 0 saturated carbocycles. The maximum absolute atomic E-state index is 13.0. The van der Waals surface area contributed by atoms with Gasteiger partial charge >= 0.3 is 0 Å². The van der Waals surface area contributed by atoms with E-state index in [1.165, 1.54) is 19.3 Å². The number of nitrogens with one attached hydrogen (secondary N) is 1. The Kier molecular flexibility index (Phi) is 8.39. The van der Waals surface area contributed by atoms with Crippen molar-refractivity contribution in [2.75, 3.05) is 23.3 Å². The number of carbonyl (C=O) groups excluding carboxylic acids is 2. The Bertz CT molecular complexity index is 941. The standard InChI is InChI=1S/C26H36N4O2/c1-19(2)29-12-8-6-5-7-9-13-30(21(4)31)25-11-10-22(15-23(25)18-29)26(32)28-24-14-20(3)16-27-17-24/h10-11,14-17,19H,5-9,12-13,18H2,1-4H3,(H,28,32). The highest BCUT2D eigenvalue weighted by Crippen LogP contribution is 2.27. The molecular weight excluding hydrogens is 400 g/mol. The van der Waals surface area contributed by atoms with Gasteiger partial charge in [-0.25, -0.2) is 0 Å². The van der Waals surface area contributed by atoms with E-state index in [0.29, 0.717) is 30.4 Å². The molecule has 1 aromatic heterocycles. The summed E-state index contributed by atoms with van der Waals surface area (Å²) in [6, 6.07) is 7.98. The highest BCUT2D eigenvalue weighted by molar-refractivity contribution is 6.05. The van der Waals surface area contributed by atoms with Crippen LogP contribution in [0.1, 0.15) is 74.4 Å². The van der Waals surface area contributed by atoms with Gasteiger partial charge in [-0.1, -0.05) is 19.3 Å². The van der Waals surface area contributed by atoms with Crippen LogP contribution in [-0.2, 0) is 11.3 Å². The summed E-state index contributed by atoms with van der Waals surface area (Å²) in [5.74, 6) is -0.126. The van der Waals surface area contributed by atoms with Gasteiger partial charge in [-0.05, 0) is 75.5 Å². The van der Waals surface area contributed by atoms with Crippen molar-refractivity contribution in [3.63, 3.8) is 0 Å². The highest BCUT2D eigenvalue weighted by Gasteiger charge is 2.21. The predicted octanol–water partition coefficient (Wildman–Crippen LogP) is 5.17. The maximum atomic E-state index is 13.0. The zero-order chi connectivity index (χ0) is 23.1. The maximum Gasteiger partial charge on any atom is 0.255 e. The Morgan fingerprint density at radius 3 is 2.41 bits per heavy atom. The Morgan fingerprint density at radius 1 is 1.00 bits per heavy atom. The number of hydrogen-bond donors (Lipinski definition) is 1. The van der Waals surface area contributed by atoms with E-state index in [1.807, 2.05) is 36.1 Å². The van der Waals surface area contributed by atoms with Crippen molar-refractivity contribution in [3.05, 3.63) is 53.3 Å². The topological polar surface area (TPSA) is 65.5 Å². The summed E-state index contributed by atoms with van der Waals surface area (Å²) < 4.78 is 0. The quantitative estimate of drug-likeness (QED) is 0.721. The van der Waals surface area contributed by atoms with E-state index in [-0.39, 0.29) is 11.8 Å². The Morgan fingerprint density at radius 2 is 1.72 bits per heavy atom. The van der Waals surface area contributed by atoms with Crippen molar-refractivity contribution in [2.45, 2.75) is 72.4 Å². The minimum absolute atomic E-state index is 0.0439. The second-order valence-corrected chi connectivity index (χ2v) is 9.05. The predicted molar refractivity (Wildman–Crippen MR) is 130 cm³/mol. The molecule has 2 aromatic rings. The summed E-state index contributed by atoms with van der Waals surface area (Å²) in [6.07, 6.45) is 9.12. The van der Waals surface area contributed by atoms with Crippen LogP contribution in [0.25, 0.3) is 0 Å². The number of aryl methyl sites for hydroxylation is 1. The number of nitrogens with zero attached hydrogens (tertiary/aromatic N) is 3. The molecule has 0 atom stereocenters. The Hall–Kier alpha value is -2.73. The number of benzene rings is 1. The molecule has 6 nitrogen and oxygen atoms in total. The number of pyridine rings is 1. The third kappa shape index (κ3) is 6.39. The molecule has 0 bridgehead atoms. The van der Waals surface area contributed by atoms with Crippen LogP contribution in [0.15, 0.2) is 36.7 Å². The van der Waals surface area contributed by atoms with Crippen molar-refractivity contribution in [1.82, 2.24) is 9.88 Å². The third-order valence-electron chi connectivity index (χ3n) is 6.08. The summed E-state index contributed by atoms with van der Waals surface area (Å²) in [4.78, 5) is 34.0. The van der Waals surface area contributed by atoms with Crippen molar-refractivity contribution in [3.8, 4) is 0 Å². The zero-order valence-corrected chi connectivity index (χ0v) is 19.9. The van der Waals surface area contributed by atoms with Gasteiger partial charge in [0.05, 0.1) is 11.9 Å². The first-order chi connectivity index (χ1) is 15.3. The molecule has 2 amide bonds. The van der Waals surface area contributed by atoms with Gasteiger partial charge < -0.3 is 10.2 Å². The van der Waals surface area contributed by atoms with Crippen LogP contribution >= 0.6 is 0 Å². The third-order valence-corrected chi connectivity index (χ3v) is 6.08. The van der Waals surface area contributed by atoms with Gasteiger partial charge in [0, 0.05) is 43.5 Å². The molecule has 1 N–H and O–H groups in total. The van der Waals surface area contributed by atoms with E-state index in [2.05, 4.69) is 29.0 Å². The summed E-state index contributed by atoms with van der Waals surface area (Å²) in [5.41, 5.74) is 4.19. The number of rotatable bonds is 3. The van der Waals surface area contributed by atoms with Crippen LogP contribution in [0.3, 0.4) is 0 Å². The van der Waals surface area contributed by atoms with Crippen LogP contribution < -0.4 is 10.2 Å². The van der Waals surface area contributed by atoms with E-state index in [9.17, 15) is 9.59 Å². The van der Waals surface area contributed by atoms with Gasteiger partial charge in [0.2, 0.25) is 5.91 Å². The number of fused-ring (bicyclic) bond motifs is 1. The molecule has 0 radical (unpaired) electrons. The van der Waals surface area contributed by atoms with Gasteiger partial charge in [-0.2, -0.15) is 0 Å². The molecule has 0 aliphatic carbocycles. The van der Waals surface area contributed by atoms with Crippen molar-refractivity contribution in [2.24, 2.45) is 0 Å². The largest absolute Gasteiger partial charge is 0.321 e. The smallest absolute Gasteiger partial charge is 0.255 e. The summed E-state index contributed by atoms with van der Waals surface area (Å²) >= 11 is 0. The van der Waals surface area contributed by atoms with E-state index in [0.717, 1.165) is 36.2 Å². The fourth-order valence-corrected chi connectivity index (χ4v) is 4.24. The van der Waals surface area contributed by atoms with Gasteiger partial charge in [-0.15, -0.1) is 0 Å². The molecule has 172 valence electrons.